The van der Waals surface area contributed by atoms with E-state index in [1.807, 2.05) is 0 Å². The summed E-state index contributed by atoms with van der Waals surface area (Å²) in [7, 11) is 0. The van der Waals surface area contributed by atoms with Crippen molar-refractivity contribution in [2.24, 2.45) is 5.92 Å². The lowest BCUT2D eigenvalue weighted by Gasteiger charge is -2.31. The molecule has 4 nitrogen and oxygen atoms in total. The summed E-state index contributed by atoms with van der Waals surface area (Å²) in [4.78, 5) is 21.2. The van der Waals surface area contributed by atoms with Gasteiger partial charge >= 0.3 is 24.2 Å². The smallest absolute Gasteiger partial charge is 0.471 e. The molecule has 10 heteroatoms. The maximum atomic E-state index is 12.3. The fourth-order valence-electron chi connectivity index (χ4n) is 1.49. The highest BCUT2D eigenvalue weighted by Crippen LogP contribution is 2.26. The van der Waals surface area contributed by atoms with E-state index in [0.29, 0.717) is 0 Å². The van der Waals surface area contributed by atoms with Crippen molar-refractivity contribution in [2.75, 3.05) is 6.54 Å². The Balaban J connectivity index is 5.47. The number of halogens is 6. The molecule has 20 heavy (non-hydrogen) atoms. The van der Waals surface area contributed by atoms with Crippen LogP contribution >= 0.6 is 0 Å². The molecule has 0 fully saturated rings. The number of aliphatic carboxylic acids is 1. The highest BCUT2D eigenvalue weighted by molar-refractivity contribution is 5.87. The zero-order chi connectivity index (χ0) is 16.3. The molecule has 0 aromatic heterocycles. The molecule has 0 heterocycles. The molecule has 0 aliphatic heterocycles. The topological polar surface area (TPSA) is 57.6 Å². The number of carboxylic acid groups (broad SMARTS) is 1. The summed E-state index contributed by atoms with van der Waals surface area (Å²) in [5, 5.41) is 8.78. The molecule has 0 rings (SSSR count). The molecular weight excluding hydrogens is 296 g/mol. The fourth-order valence-corrected chi connectivity index (χ4v) is 1.49. The van der Waals surface area contributed by atoms with Crippen LogP contribution in [0.3, 0.4) is 0 Å². The van der Waals surface area contributed by atoms with Gasteiger partial charge in [0.25, 0.3) is 0 Å². The number of alkyl halides is 6. The van der Waals surface area contributed by atoms with Crippen LogP contribution in [0.4, 0.5) is 26.3 Å². The molecule has 0 radical (unpaired) electrons. The van der Waals surface area contributed by atoms with Crippen LogP contribution < -0.4 is 0 Å². The van der Waals surface area contributed by atoms with Gasteiger partial charge in [-0.3, -0.25) is 4.79 Å². The van der Waals surface area contributed by atoms with Crippen molar-refractivity contribution in [1.82, 2.24) is 4.90 Å². The molecular formula is C10H13F6NO3. The minimum atomic E-state index is -5.57. The van der Waals surface area contributed by atoms with Crippen molar-refractivity contribution in [1.29, 1.82) is 0 Å². The van der Waals surface area contributed by atoms with Crippen molar-refractivity contribution < 1.29 is 41.0 Å². The summed E-state index contributed by atoms with van der Waals surface area (Å²) < 4.78 is 73.6. The van der Waals surface area contributed by atoms with Crippen molar-refractivity contribution >= 4 is 11.9 Å². The second kappa shape index (κ2) is 6.31. The first-order valence-corrected chi connectivity index (χ1v) is 5.43. The number of hydrogen-bond donors (Lipinski definition) is 1. The summed E-state index contributed by atoms with van der Waals surface area (Å²) in [5.74, 6) is -5.24. The van der Waals surface area contributed by atoms with E-state index in [4.69, 9.17) is 5.11 Å². The summed E-state index contributed by atoms with van der Waals surface area (Å²) in [5.41, 5.74) is 0. The van der Waals surface area contributed by atoms with E-state index in [1.165, 1.54) is 13.8 Å². The Morgan fingerprint density at radius 2 is 1.55 bits per heavy atom. The van der Waals surface area contributed by atoms with Gasteiger partial charge < -0.3 is 10.0 Å². The molecule has 1 amide bonds. The van der Waals surface area contributed by atoms with Gasteiger partial charge in [0, 0.05) is 0 Å². The van der Waals surface area contributed by atoms with Gasteiger partial charge in [-0.25, -0.2) is 4.79 Å². The van der Waals surface area contributed by atoms with Crippen LogP contribution in [0, 0.1) is 5.92 Å². The predicted octanol–water partition coefficient (Wildman–Crippen LogP) is 2.44. The number of hydrogen-bond acceptors (Lipinski definition) is 2. The first-order valence-electron chi connectivity index (χ1n) is 5.43. The van der Waals surface area contributed by atoms with Crippen molar-refractivity contribution in [3.63, 3.8) is 0 Å². The van der Waals surface area contributed by atoms with E-state index in [9.17, 15) is 35.9 Å². The van der Waals surface area contributed by atoms with Crippen LogP contribution in [-0.4, -0.2) is 46.8 Å². The van der Waals surface area contributed by atoms with Crippen LogP contribution in [0.1, 0.15) is 20.3 Å². The molecule has 118 valence electrons. The number of amides is 1. The maximum Gasteiger partial charge on any atom is 0.471 e. The molecule has 0 unspecified atom stereocenters. The number of carbonyl (C=O) groups is 2. The molecule has 0 aliphatic carbocycles. The number of rotatable bonds is 5. The molecule has 1 N–H and O–H groups in total. The Bertz CT molecular complexity index is 363. The second-order valence-electron chi connectivity index (χ2n) is 4.53. The number of carbonyl (C=O) groups excluding carboxylic acids is 1. The van der Waals surface area contributed by atoms with Gasteiger partial charge in [-0.15, -0.1) is 0 Å². The summed E-state index contributed by atoms with van der Waals surface area (Å²) in [6, 6.07) is -2.19. The van der Waals surface area contributed by atoms with Gasteiger partial charge in [-0.1, -0.05) is 13.8 Å². The predicted molar refractivity (Wildman–Crippen MR) is 54.7 cm³/mol. The first-order chi connectivity index (χ1) is 8.75. The lowest BCUT2D eigenvalue weighted by molar-refractivity contribution is -0.204. The molecule has 0 saturated heterocycles. The lowest BCUT2D eigenvalue weighted by atomic mass is 10.0. The monoisotopic (exact) mass is 309 g/mol. The molecule has 0 aromatic rings. The van der Waals surface area contributed by atoms with Gasteiger partial charge in [0.05, 0.1) is 0 Å². The van der Waals surface area contributed by atoms with E-state index in [-0.39, 0.29) is 0 Å². The third kappa shape index (κ3) is 6.11. The second-order valence-corrected chi connectivity index (χ2v) is 4.53. The Hall–Kier alpha value is -1.48. The molecule has 0 bridgehead atoms. The highest BCUT2D eigenvalue weighted by Gasteiger charge is 2.49. The van der Waals surface area contributed by atoms with Gasteiger partial charge in [0.2, 0.25) is 0 Å². The Morgan fingerprint density at radius 3 is 1.80 bits per heavy atom. The van der Waals surface area contributed by atoms with Crippen LogP contribution in [0.2, 0.25) is 0 Å². The van der Waals surface area contributed by atoms with E-state index in [2.05, 4.69) is 0 Å². The Kier molecular flexibility index (Phi) is 5.85. The van der Waals surface area contributed by atoms with E-state index in [1.54, 1.807) is 0 Å². The number of nitrogens with zero attached hydrogens (tertiary/aromatic N) is 1. The highest BCUT2D eigenvalue weighted by atomic mass is 19.4. The minimum Gasteiger partial charge on any atom is -0.480 e. The third-order valence-electron chi connectivity index (χ3n) is 2.21. The molecule has 0 aliphatic rings. The SMILES string of the molecule is CC(C)C[C@@H](C(=O)O)N(CC(F)(F)F)C(=O)C(F)(F)F. The largest absolute Gasteiger partial charge is 0.480 e. The fraction of sp³-hybridized carbons (Fsp3) is 0.800. The summed E-state index contributed by atoms with van der Waals surface area (Å²) >= 11 is 0. The summed E-state index contributed by atoms with van der Waals surface area (Å²) in [6.45, 7) is 0.564. The normalized spacial score (nSPS) is 14.2. The van der Waals surface area contributed by atoms with Crippen LogP contribution in [-0.2, 0) is 9.59 Å². The third-order valence-corrected chi connectivity index (χ3v) is 2.21. The quantitative estimate of drug-likeness (QED) is 0.794. The molecule has 0 spiro atoms. The molecule has 1 atom stereocenters. The lowest BCUT2D eigenvalue weighted by Crippen LogP contribution is -2.54. The van der Waals surface area contributed by atoms with E-state index < -0.39 is 54.1 Å². The van der Waals surface area contributed by atoms with Crippen LogP contribution in [0.25, 0.3) is 0 Å². The van der Waals surface area contributed by atoms with E-state index in [0.717, 1.165) is 0 Å². The van der Waals surface area contributed by atoms with Gasteiger partial charge in [0.15, 0.2) is 0 Å². The van der Waals surface area contributed by atoms with Crippen molar-refractivity contribution in [3.05, 3.63) is 0 Å². The van der Waals surface area contributed by atoms with Crippen LogP contribution in [0.5, 0.6) is 0 Å². The minimum absolute atomic E-state index is 0.507. The average molecular weight is 309 g/mol. The molecule has 0 saturated carbocycles. The van der Waals surface area contributed by atoms with Gasteiger partial charge in [-0.2, -0.15) is 26.3 Å². The summed E-state index contributed by atoms with van der Waals surface area (Å²) in [6.07, 6.45) is -11.2. The zero-order valence-electron chi connectivity index (χ0n) is 10.5. The van der Waals surface area contributed by atoms with Crippen LogP contribution in [0.15, 0.2) is 0 Å². The van der Waals surface area contributed by atoms with Gasteiger partial charge in [-0.05, 0) is 12.3 Å². The number of carboxylic acids is 1. The van der Waals surface area contributed by atoms with Gasteiger partial charge in [0.1, 0.15) is 12.6 Å². The average Bonchev–Trinajstić information content (AvgIpc) is 2.18. The van der Waals surface area contributed by atoms with E-state index >= 15 is 0 Å². The van der Waals surface area contributed by atoms with Crippen molar-refractivity contribution in [3.8, 4) is 0 Å². The first kappa shape index (κ1) is 18.5. The Labute approximate surface area is 110 Å². The standard InChI is InChI=1S/C10H13F6NO3/c1-5(2)3-6(7(18)19)17(4-9(11,12)13)8(20)10(14,15)16/h5-6H,3-4H2,1-2H3,(H,18,19)/t6-/m0/s1. The maximum absolute atomic E-state index is 12.3. The van der Waals surface area contributed by atoms with Crippen molar-refractivity contribution in [2.45, 2.75) is 38.7 Å². The Morgan fingerprint density at radius 1 is 1.10 bits per heavy atom. The zero-order valence-corrected chi connectivity index (χ0v) is 10.5. The molecule has 0 aromatic carbocycles.